The van der Waals surface area contributed by atoms with Gasteiger partial charge >= 0.3 is 0 Å². The molecule has 4 unspecified atom stereocenters. The van der Waals surface area contributed by atoms with Crippen molar-refractivity contribution in [1.82, 2.24) is 0 Å². The van der Waals surface area contributed by atoms with Crippen molar-refractivity contribution in [2.75, 3.05) is 19.0 Å². The lowest BCUT2D eigenvalue weighted by atomic mass is 10.1. The van der Waals surface area contributed by atoms with Crippen molar-refractivity contribution in [1.29, 1.82) is 0 Å². The average Bonchev–Trinajstić information content (AvgIpc) is 2.86. The predicted molar refractivity (Wildman–Crippen MR) is 81.4 cm³/mol. The van der Waals surface area contributed by atoms with Crippen LogP contribution in [-0.4, -0.2) is 34.5 Å². The zero-order valence-corrected chi connectivity index (χ0v) is 12.9. The number of benzene rings is 1. The van der Waals surface area contributed by atoms with Crippen LogP contribution in [0.5, 0.6) is 5.75 Å². The Kier molecular flexibility index (Phi) is 5.57. The lowest BCUT2D eigenvalue weighted by Gasteiger charge is -2.19. The SMILES string of the molecule is CCOc1ccccc1C(N)CS(=O)C1CCOC1C. The quantitative estimate of drug-likeness (QED) is 0.872. The molecule has 1 saturated heterocycles. The molecule has 0 bridgehead atoms. The third-order valence-corrected chi connectivity index (χ3v) is 5.59. The standard InChI is InChI=1S/C15H23NO3S/c1-3-18-14-7-5-4-6-12(14)13(16)10-20(17)15-8-9-19-11(15)2/h4-7,11,13,15H,3,8-10,16H2,1-2H3. The molecule has 1 aliphatic rings. The van der Waals surface area contributed by atoms with E-state index >= 15 is 0 Å². The van der Waals surface area contributed by atoms with Crippen molar-refractivity contribution in [2.24, 2.45) is 5.73 Å². The molecule has 20 heavy (non-hydrogen) atoms. The smallest absolute Gasteiger partial charge is 0.124 e. The molecule has 2 N–H and O–H groups in total. The summed E-state index contributed by atoms with van der Waals surface area (Å²) in [6.45, 7) is 5.22. The van der Waals surface area contributed by atoms with E-state index in [-0.39, 0.29) is 17.4 Å². The lowest BCUT2D eigenvalue weighted by molar-refractivity contribution is 0.127. The molecule has 1 aromatic carbocycles. The van der Waals surface area contributed by atoms with Crippen LogP contribution in [0, 0.1) is 0 Å². The molecule has 1 aliphatic heterocycles. The van der Waals surface area contributed by atoms with Gasteiger partial charge in [0.05, 0.1) is 18.0 Å². The largest absolute Gasteiger partial charge is 0.494 e. The highest BCUT2D eigenvalue weighted by Crippen LogP contribution is 2.26. The summed E-state index contributed by atoms with van der Waals surface area (Å²) in [6.07, 6.45) is 0.915. The van der Waals surface area contributed by atoms with Crippen molar-refractivity contribution in [3.63, 3.8) is 0 Å². The van der Waals surface area contributed by atoms with Crippen LogP contribution in [0.2, 0.25) is 0 Å². The van der Waals surface area contributed by atoms with E-state index in [0.29, 0.717) is 19.0 Å². The summed E-state index contributed by atoms with van der Waals surface area (Å²) in [4.78, 5) is 0. The van der Waals surface area contributed by atoms with E-state index in [1.807, 2.05) is 38.1 Å². The number of hydrogen-bond acceptors (Lipinski definition) is 4. The topological polar surface area (TPSA) is 61.5 Å². The van der Waals surface area contributed by atoms with Crippen LogP contribution in [0.1, 0.15) is 31.9 Å². The molecule has 4 nitrogen and oxygen atoms in total. The summed E-state index contributed by atoms with van der Waals surface area (Å²) in [6, 6.07) is 7.43. The van der Waals surface area contributed by atoms with Gasteiger partial charge in [0, 0.05) is 34.8 Å². The highest BCUT2D eigenvalue weighted by molar-refractivity contribution is 7.85. The maximum atomic E-state index is 12.4. The number of nitrogens with two attached hydrogens (primary N) is 1. The summed E-state index contributed by atoms with van der Waals surface area (Å²) in [7, 11) is -0.974. The molecular formula is C15H23NO3S. The van der Waals surface area contributed by atoms with Crippen molar-refractivity contribution >= 4 is 10.8 Å². The summed E-state index contributed by atoms with van der Waals surface area (Å²) < 4.78 is 23.5. The van der Waals surface area contributed by atoms with Gasteiger partial charge in [0.25, 0.3) is 0 Å². The van der Waals surface area contributed by atoms with E-state index in [4.69, 9.17) is 15.2 Å². The molecular weight excluding hydrogens is 274 g/mol. The molecule has 0 radical (unpaired) electrons. The molecule has 0 aliphatic carbocycles. The Morgan fingerprint density at radius 3 is 2.90 bits per heavy atom. The second-order valence-electron chi connectivity index (χ2n) is 5.03. The first-order valence-corrected chi connectivity index (χ1v) is 8.47. The number of para-hydroxylation sites is 1. The average molecular weight is 297 g/mol. The van der Waals surface area contributed by atoms with Crippen LogP contribution in [0.3, 0.4) is 0 Å². The Balaban J connectivity index is 2.04. The van der Waals surface area contributed by atoms with Crippen LogP contribution in [0.4, 0.5) is 0 Å². The van der Waals surface area contributed by atoms with E-state index in [2.05, 4.69) is 0 Å². The van der Waals surface area contributed by atoms with Gasteiger partial charge in [-0.15, -0.1) is 0 Å². The Morgan fingerprint density at radius 2 is 2.25 bits per heavy atom. The van der Waals surface area contributed by atoms with Gasteiger partial charge in [0.2, 0.25) is 0 Å². The first-order chi connectivity index (χ1) is 9.63. The van der Waals surface area contributed by atoms with Gasteiger partial charge in [-0.3, -0.25) is 4.21 Å². The molecule has 1 aromatic rings. The van der Waals surface area contributed by atoms with Crippen molar-refractivity contribution < 1.29 is 13.7 Å². The van der Waals surface area contributed by atoms with Crippen LogP contribution in [-0.2, 0) is 15.5 Å². The molecule has 1 fully saturated rings. The maximum Gasteiger partial charge on any atom is 0.124 e. The van der Waals surface area contributed by atoms with Gasteiger partial charge in [-0.1, -0.05) is 18.2 Å². The zero-order chi connectivity index (χ0) is 14.5. The third-order valence-electron chi connectivity index (χ3n) is 3.61. The summed E-state index contributed by atoms with van der Waals surface area (Å²) in [5.74, 6) is 1.23. The molecule has 2 rings (SSSR count). The number of ether oxygens (including phenoxy) is 2. The minimum absolute atomic E-state index is 0.0603. The van der Waals surface area contributed by atoms with Gasteiger partial charge in [-0.25, -0.2) is 0 Å². The van der Waals surface area contributed by atoms with Crippen LogP contribution in [0.15, 0.2) is 24.3 Å². The van der Waals surface area contributed by atoms with E-state index in [9.17, 15) is 4.21 Å². The van der Waals surface area contributed by atoms with Crippen LogP contribution in [0.25, 0.3) is 0 Å². The Morgan fingerprint density at radius 1 is 1.50 bits per heavy atom. The van der Waals surface area contributed by atoms with Gasteiger partial charge in [0.1, 0.15) is 5.75 Å². The van der Waals surface area contributed by atoms with E-state index < -0.39 is 10.8 Å². The van der Waals surface area contributed by atoms with Gasteiger partial charge in [-0.2, -0.15) is 0 Å². The van der Waals surface area contributed by atoms with Gasteiger partial charge in [-0.05, 0) is 26.3 Å². The first-order valence-electron chi connectivity index (χ1n) is 7.09. The summed E-state index contributed by atoms with van der Waals surface area (Å²) >= 11 is 0. The number of rotatable bonds is 6. The third kappa shape index (κ3) is 3.59. The summed E-state index contributed by atoms with van der Waals surface area (Å²) in [5, 5.41) is 0.0975. The Bertz CT molecular complexity index is 466. The molecule has 5 heteroatoms. The molecule has 0 aromatic heterocycles. The van der Waals surface area contributed by atoms with Crippen LogP contribution < -0.4 is 10.5 Å². The Labute approximate surface area is 123 Å². The van der Waals surface area contributed by atoms with E-state index in [1.165, 1.54) is 0 Å². The normalized spacial score (nSPS) is 25.4. The lowest BCUT2D eigenvalue weighted by Crippen LogP contribution is -2.29. The highest BCUT2D eigenvalue weighted by Gasteiger charge is 2.30. The summed E-state index contributed by atoms with van der Waals surface area (Å²) in [5.41, 5.74) is 7.15. The maximum absolute atomic E-state index is 12.4. The van der Waals surface area contributed by atoms with Gasteiger partial charge < -0.3 is 15.2 Å². The second-order valence-corrected chi connectivity index (χ2v) is 6.73. The zero-order valence-electron chi connectivity index (χ0n) is 12.1. The fourth-order valence-corrected chi connectivity index (χ4v) is 4.17. The van der Waals surface area contributed by atoms with Crippen molar-refractivity contribution in [3.05, 3.63) is 29.8 Å². The van der Waals surface area contributed by atoms with Gasteiger partial charge in [0.15, 0.2) is 0 Å². The molecule has 4 atom stereocenters. The van der Waals surface area contributed by atoms with Crippen LogP contribution >= 0.6 is 0 Å². The monoisotopic (exact) mass is 297 g/mol. The minimum atomic E-state index is -0.974. The van der Waals surface area contributed by atoms with E-state index in [1.54, 1.807) is 0 Å². The molecule has 1 heterocycles. The Hall–Kier alpha value is -0.910. The molecule has 0 saturated carbocycles. The molecule has 112 valence electrons. The van der Waals surface area contributed by atoms with Crippen molar-refractivity contribution in [2.45, 2.75) is 37.7 Å². The van der Waals surface area contributed by atoms with Crippen molar-refractivity contribution in [3.8, 4) is 5.75 Å². The first kappa shape index (κ1) is 15.5. The minimum Gasteiger partial charge on any atom is -0.494 e. The fraction of sp³-hybridized carbons (Fsp3) is 0.600. The second kappa shape index (κ2) is 7.20. The highest BCUT2D eigenvalue weighted by atomic mass is 32.2. The van der Waals surface area contributed by atoms with E-state index in [0.717, 1.165) is 17.7 Å². The number of hydrogen-bond donors (Lipinski definition) is 1. The predicted octanol–water partition coefficient (Wildman–Crippen LogP) is 2.01. The molecule has 0 spiro atoms. The molecule has 0 amide bonds. The fourth-order valence-electron chi connectivity index (χ4n) is 2.52.